The number of fused-ring (bicyclic) bond motifs is 3. The first-order valence-electron chi connectivity index (χ1n) is 7.98. The van der Waals surface area contributed by atoms with E-state index in [9.17, 15) is 4.79 Å². The molecule has 21 heavy (non-hydrogen) atoms. The summed E-state index contributed by atoms with van der Waals surface area (Å²) in [6.07, 6.45) is 3.89. The third kappa shape index (κ3) is 3.81. The van der Waals surface area contributed by atoms with E-state index in [0.717, 1.165) is 18.4 Å². The van der Waals surface area contributed by atoms with Gasteiger partial charge in [0.15, 0.2) is 5.78 Å². The molecule has 0 heterocycles. The molecule has 3 rings (SSSR count). The number of hydrogen-bond donors (Lipinski definition) is 0. The Balaban J connectivity index is 0.000000510. The van der Waals surface area contributed by atoms with Crippen molar-refractivity contribution in [2.45, 2.75) is 47.5 Å². The third-order valence-corrected chi connectivity index (χ3v) is 3.50. The first kappa shape index (κ1) is 17.2. The lowest BCUT2D eigenvalue weighted by molar-refractivity contribution is -0.113. The smallest absolute Gasteiger partial charge is 0.155 e. The SMILES string of the molecule is CC.CC.CC(=O)C1=Cc2ccc3ccccc3c2CC1. The monoisotopic (exact) mass is 282 g/mol. The molecule has 0 bridgehead atoms. The number of benzene rings is 2. The van der Waals surface area contributed by atoms with Crippen LogP contribution in [0.15, 0.2) is 42.0 Å². The molecule has 2 aromatic rings. The maximum Gasteiger partial charge on any atom is 0.155 e. The third-order valence-electron chi connectivity index (χ3n) is 3.50. The van der Waals surface area contributed by atoms with Gasteiger partial charge in [-0.05, 0) is 53.3 Å². The van der Waals surface area contributed by atoms with Gasteiger partial charge in [0.2, 0.25) is 0 Å². The van der Waals surface area contributed by atoms with Crippen LogP contribution in [0.4, 0.5) is 0 Å². The van der Waals surface area contributed by atoms with Crippen molar-refractivity contribution >= 4 is 22.6 Å². The van der Waals surface area contributed by atoms with Crippen LogP contribution in [0.5, 0.6) is 0 Å². The highest BCUT2D eigenvalue weighted by Crippen LogP contribution is 2.30. The second kappa shape index (κ2) is 8.41. The Morgan fingerprint density at radius 2 is 1.57 bits per heavy atom. The Bertz CT molecular complexity index is 635. The molecule has 0 fully saturated rings. The maximum absolute atomic E-state index is 11.4. The van der Waals surface area contributed by atoms with Gasteiger partial charge in [-0.1, -0.05) is 64.1 Å². The molecule has 0 amide bonds. The van der Waals surface area contributed by atoms with Gasteiger partial charge in [-0.25, -0.2) is 0 Å². The summed E-state index contributed by atoms with van der Waals surface area (Å²) in [5.41, 5.74) is 3.54. The highest BCUT2D eigenvalue weighted by Gasteiger charge is 2.15. The van der Waals surface area contributed by atoms with Crippen LogP contribution in [0.25, 0.3) is 16.8 Å². The highest BCUT2D eigenvalue weighted by molar-refractivity contribution is 6.00. The summed E-state index contributed by atoms with van der Waals surface area (Å²) in [6.45, 7) is 9.65. The molecule has 1 aliphatic carbocycles. The van der Waals surface area contributed by atoms with E-state index in [1.165, 1.54) is 21.9 Å². The van der Waals surface area contributed by atoms with Crippen LogP contribution in [-0.4, -0.2) is 5.78 Å². The van der Waals surface area contributed by atoms with Crippen LogP contribution in [0, 0.1) is 0 Å². The zero-order valence-corrected chi connectivity index (χ0v) is 13.9. The molecule has 0 radical (unpaired) electrons. The summed E-state index contributed by atoms with van der Waals surface area (Å²) in [6, 6.07) is 12.7. The highest BCUT2D eigenvalue weighted by atomic mass is 16.1. The van der Waals surface area contributed by atoms with Crippen LogP contribution in [0.2, 0.25) is 0 Å². The second-order valence-electron chi connectivity index (χ2n) is 4.58. The van der Waals surface area contributed by atoms with Gasteiger partial charge in [-0.15, -0.1) is 0 Å². The molecule has 0 N–H and O–H groups in total. The van der Waals surface area contributed by atoms with Gasteiger partial charge in [-0.3, -0.25) is 4.79 Å². The van der Waals surface area contributed by atoms with E-state index in [1.54, 1.807) is 6.92 Å². The molecular weight excluding hydrogens is 256 g/mol. The lowest BCUT2D eigenvalue weighted by Gasteiger charge is -2.17. The van der Waals surface area contributed by atoms with Gasteiger partial charge in [-0.2, -0.15) is 0 Å². The molecule has 1 nitrogen and oxygen atoms in total. The Kier molecular flexibility index (Phi) is 6.87. The summed E-state index contributed by atoms with van der Waals surface area (Å²) >= 11 is 0. The van der Waals surface area contributed by atoms with E-state index in [4.69, 9.17) is 0 Å². The number of aryl methyl sites for hydroxylation is 1. The zero-order valence-electron chi connectivity index (χ0n) is 13.9. The van der Waals surface area contributed by atoms with Gasteiger partial charge >= 0.3 is 0 Å². The molecule has 0 aromatic heterocycles. The number of hydrogen-bond acceptors (Lipinski definition) is 1. The molecule has 1 aliphatic rings. The summed E-state index contributed by atoms with van der Waals surface area (Å²) in [7, 11) is 0. The summed E-state index contributed by atoms with van der Waals surface area (Å²) in [5, 5.41) is 2.61. The predicted octanol–water partition coefficient (Wildman–Crippen LogP) is 5.81. The lowest BCUT2D eigenvalue weighted by atomic mass is 9.87. The van der Waals surface area contributed by atoms with Gasteiger partial charge in [0.1, 0.15) is 0 Å². The molecule has 0 aliphatic heterocycles. The zero-order chi connectivity index (χ0) is 15.8. The number of carbonyl (C=O) groups is 1. The van der Waals surface area contributed by atoms with Crippen LogP contribution in [-0.2, 0) is 11.2 Å². The maximum atomic E-state index is 11.4. The Morgan fingerprint density at radius 1 is 0.905 bits per heavy atom. The molecule has 112 valence electrons. The number of ketones is 1. The van der Waals surface area contributed by atoms with Crippen LogP contribution < -0.4 is 0 Å². The minimum Gasteiger partial charge on any atom is -0.295 e. The van der Waals surface area contributed by atoms with E-state index >= 15 is 0 Å². The van der Waals surface area contributed by atoms with Crippen molar-refractivity contribution in [2.24, 2.45) is 0 Å². The van der Waals surface area contributed by atoms with E-state index in [2.05, 4.69) is 36.4 Å². The number of rotatable bonds is 1. The largest absolute Gasteiger partial charge is 0.295 e. The van der Waals surface area contributed by atoms with Gasteiger partial charge in [0.25, 0.3) is 0 Å². The standard InChI is InChI=1S/C16H14O.2C2H6/c1-11(17)13-8-9-16-14(10-13)7-6-12-4-2-3-5-15(12)16;2*1-2/h2-7,10H,8-9H2,1H3;2*1-2H3. The van der Waals surface area contributed by atoms with Gasteiger partial charge < -0.3 is 0 Å². The first-order chi connectivity index (χ1) is 10.3. The number of Topliss-reactive ketones (excluding diaryl/α,β-unsaturated/α-hetero) is 1. The van der Waals surface area contributed by atoms with E-state index < -0.39 is 0 Å². The van der Waals surface area contributed by atoms with Crippen molar-refractivity contribution in [3.05, 3.63) is 53.1 Å². The fraction of sp³-hybridized carbons (Fsp3) is 0.350. The minimum absolute atomic E-state index is 0.198. The number of carbonyl (C=O) groups excluding carboxylic acids is 1. The predicted molar refractivity (Wildman–Crippen MR) is 93.6 cm³/mol. The lowest BCUT2D eigenvalue weighted by Crippen LogP contribution is -2.05. The summed E-state index contributed by atoms with van der Waals surface area (Å²) in [5.74, 6) is 0.198. The molecule has 0 unspecified atom stereocenters. The second-order valence-corrected chi connectivity index (χ2v) is 4.58. The fourth-order valence-electron chi connectivity index (χ4n) is 2.56. The van der Waals surface area contributed by atoms with Crippen LogP contribution in [0.1, 0.15) is 52.2 Å². The average molecular weight is 282 g/mol. The van der Waals surface area contributed by atoms with Crippen molar-refractivity contribution in [2.75, 3.05) is 0 Å². The Hall–Kier alpha value is -1.89. The van der Waals surface area contributed by atoms with Crippen molar-refractivity contribution in [3.63, 3.8) is 0 Å². The average Bonchev–Trinajstić information content (AvgIpc) is 2.57. The number of allylic oxidation sites excluding steroid dienone is 1. The Labute approximate surface area is 128 Å². The van der Waals surface area contributed by atoms with Gasteiger partial charge in [0, 0.05) is 0 Å². The normalized spacial score (nSPS) is 12.1. The van der Waals surface area contributed by atoms with Gasteiger partial charge in [0.05, 0.1) is 0 Å². The molecule has 1 heteroatoms. The first-order valence-corrected chi connectivity index (χ1v) is 7.98. The Morgan fingerprint density at radius 3 is 2.24 bits per heavy atom. The van der Waals surface area contributed by atoms with Crippen LogP contribution in [0.3, 0.4) is 0 Å². The molecule has 0 spiro atoms. The van der Waals surface area contributed by atoms with Crippen molar-refractivity contribution in [1.82, 2.24) is 0 Å². The quantitative estimate of drug-likeness (QED) is 0.645. The van der Waals surface area contributed by atoms with E-state index in [-0.39, 0.29) is 5.78 Å². The van der Waals surface area contributed by atoms with Crippen molar-refractivity contribution < 1.29 is 4.79 Å². The molecule has 0 saturated carbocycles. The summed E-state index contributed by atoms with van der Waals surface area (Å²) in [4.78, 5) is 11.4. The molecule has 0 atom stereocenters. The summed E-state index contributed by atoms with van der Waals surface area (Å²) < 4.78 is 0. The topological polar surface area (TPSA) is 17.1 Å². The van der Waals surface area contributed by atoms with E-state index in [1.807, 2.05) is 33.8 Å². The van der Waals surface area contributed by atoms with Crippen LogP contribution >= 0.6 is 0 Å². The van der Waals surface area contributed by atoms with Crippen molar-refractivity contribution in [3.8, 4) is 0 Å². The molecular formula is C20H26O. The fourth-order valence-corrected chi connectivity index (χ4v) is 2.56. The minimum atomic E-state index is 0.198. The molecule has 2 aromatic carbocycles. The van der Waals surface area contributed by atoms with E-state index in [0.29, 0.717) is 0 Å². The molecule has 0 saturated heterocycles. The van der Waals surface area contributed by atoms with Crippen molar-refractivity contribution in [1.29, 1.82) is 0 Å².